The molecule has 1 aliphatic carbocycles. The monoisotopic (exact) mass is 277 g/mol. The molecule has 0 saturated heterocycles. The van der Waals surface area contributed by atoms with Crippen LogP contribution in [0.3, 0.4) is 0 Å². The molecule has 1 aliphatic rings. The molecule has 2 unspecified atom stereocenters. The molecule has 1 saturated carbocycles. The number of rotatable bonds is 5. The number of Topliss-reactive ketones (excluding diaryl/α,β-unsaturated/α-hetero) is 1. The van der Waals surface area contributed by atoms with Gasteiger partial charge in [0.2, 0.25) is 0 Å². The maximum absolute atomic E-state index is 11.6. The maximum Gasteiger partial charge on any atom is 0.162 e. The molecule has 1 N–H and O–H groups in total. The van der Waals surface area contributed by atoms with E-state index < -0.39 is 0 Å². The molecule has 0 aromatic heterocycles. The third-order valence-electron chi connectivity index (χ3n) is 3.86. The van der Waals surface area contributed by atoms with Gasteiger partial charge in [0.1, 0.15) is 0 Å². The Bertz CT molecular complexity index is 415. The van der Waals surface area contributed by atoms with Crippen LogP contribution in [0, 0.1) is 0 Å². The summed E-state index contributed by atoms with van der Waals surface area (Å²) in [5.74, 6) is 0.215. The minimum absolute atomic E-state index is 0.215. The highest BCUT2D eigenvalue weighted by Crippen LogP contribution is 2.28. The minimum atomic E-state index is 0.215. The fourth-order valence-electron chi connectivity index (χ4n) is 2.68. The number of thioether (sulfide) groups is 1. The van der Waals surface area contributed by atoms with Gasteiger partial charge >= 0.3 is 0 Å². The lowest BCUT2D eigenvalue weighted by molar-refractivity contribution is 0.0988. The largest absolute Gasteiger partial charge is 0.382 e. The summed E-state index contributed by atoms with van der Waals surface area (Å²) >= 11 is 1.98. The Labute approximate surface area is 120 Å². The number of nitrogens with one attached hydrogen (secondary N) is 1. The van der Waals surface area contributed by atoms with Gasteiger partial charge in [-0.3, -0.25) is 4.79 Å². The Balaban J connectivity index is 1.94. The van der Waals surface area contributed by atoms with Gasteiger partial charge in [0.25, 0.3) is 0 Å². The van der Waals surface area contributed by atoms with Gasteiger partial charge in [-0.15, -0.1) is 0 Å². The van der Waals surface area contributed by atoms with Gasteiger partial charge < -0.3 is 5.32 Å². The third kappa shape index (κ3) is 4.00. The molecule has 0 aliphatic heterocycles. The molecule has 3 heteroatoms. The quantitative estimate of drug-likeness (QED) is 0.811. The van der Waals surface area contributed by atoms with Gasteiger partial charge in [0, 0.05) is 29.0 Å². The first-order valence-corrected chi connectivity index (χ1v) is 8.44. The van der Waals surface area contributed by atoms with Crippen molar-refractivity contribution < 1.29 is 4.79 Å². The number of anilines is 1. The zero-order chi connectivity index (χ0) is 13.7. The Morgan fingerprint density at radius 1 is 1.32 bits per heavy atom. The molecule has 1 aromatic rings. The van der Waals surface area contributed by atoms with E-state index in [0.717, 1.165) is 16.5 Å². The molecule has 0 amide bonds. The van der Waals surface area contributed by atoms with Crippen LogP contribution in [0.25, 0.3) is 0 Å². The van der Waals surface area contributed by atoms with Gasteiger partial charge in [0.15, 0.2) is 5.78 Å². The molecular formula is C16H23NOS. The highest BCUT2D eigenvalue weighted by atomic mass is 32.2. The van der Waals surface area contributed by atoms with Crippen molar-refractivity contribution in [2.24, 2.45) is 0 Å². The first-order chi connectivity index (χ1) is 9.22. The molecule has 19 heavy (non-hydrogen) atoms. The second-order valence-electron chi connectivity index (χ2n) is 5.22. The number of carbonyl (C=O) groups is 1. The van der Waals surface area contributed by atoms with Crippen LogP contribution in [0.5, 0.6) is 0 Å². The van der Waals surface area contributed by atoms with Crippen LogP contribution < -0.4 is 5.32 Å². The molecule has 104 valence electrons. The summed E-state index contributed by atoms with van der Waals surface area (Å²) in [4.78, 5) is 11.6. The number of ketones is 1. The molecule has 2 atom stereocenters. The zero-order valence-electron chi connectivity index (χ0n) is 11.8. The van der Waals surface area contributed by atoms with Gasteiger partial charge in [-0.1, -0.05) is 13.3 Å². The highest BCUT2D eigenvalue weighted by Gasteiger charge is 2.20. The van der Waals surface area contributed by atoms with Crippen molar-refractivity contribution in [3.63, 3.8) is 0 Å². The van der Waals surface area contributed by atoms with Crippen molar-refractivity contribution in [2.45, 2.75) is 50.3 Å². The van der Waals surface area contributed by atoms with Crippen LogP contribution >= 0.6 is 11.8 Å². The number of hydrogen-bond acceptors (Lipinski definition) is 3. The van der Waals surface area contributed by atoms with E-state index in [0.29, 0.717) is 12.5 Å². The fourth-order valence-corrected chi connectivity index (χ4v) is 3.51. The van der Waals surface area contributed by atoms with Crippen LogP contribution in [0.4, 0.5) is 5.69 Å². The van der Waals surface area contributed by atoms with E-state index in [-0.39, 0.29) is 5.78 Å². The van der Waals surface area contributed by atoms with Gasteiger partial charge in [-0.05, 0) is 49.8 Å². The number of hydrogen-bond donors (Lipinski definition) is 1. The first-order valence-electron chi connectivity index (χ1n) is 7.15. The Hall–Kier alpha value is -0.960. The van der Waals surface area contributed by atoms with Gasteiger partial charge in [0.05, 0.1) is 0 Å². The Morgan fingerprint density at radius 3 is 2.68 bits per heavy atom. The van der Waals surface area contributed by atoms with E-state index >= 15 is 0 Å². The molecule has 2 rings (SSSR count). The average molecular weight is 277 g/mol. The fraction of sp³-hybridized carbons (Fsp3) is 0.562. The molecule has 0 heterocycles. The van der Waals surface area contributed by atoms with Crippen molar-refractivity contribution in [3.8, 4) is 0 Å². The zero-order valence-corrected chi connectivity index (χ0v) is 12.6. The minimum Gasteiger partial charge on any atom is -0.382 e. The van der Waals surface area contributed by atoms with Crippen molar-refractivity contribution in [1.29, 1.82) is 0 Å². The van der Waals surface area contributed by atoms with Crippen molar-refractivity contribution in [3.05, 3.63) is 29.8 Å². The molecule has 0 spiro atoms. The summed E-state index contributed by atoms with van der Waals surface area (Å²) in [5, 5.41) is 4.40. The van der Waals surface area contributed by atoms with E-state index in [2.05, 4.69) is 11.6 Å². The summed E-state index contributed by atoms with van der Waals surface area (Å²) in [7, 11) is 0. The Kier molecular flexibility index (Phi) is 5.32. The lowest BCUT2D eigenvalue weighted by Crippen LogP contribution is -2.28. The number of carbonyl (C=O) groups excluding carboxylic acids is 1. The predicted octanol–water partition coefficient (Wildman–Crippen LogP) is 4.37. The third-order valence-corrected chi connectivity index (χ3v) is 4.95. The lowest BCUT2D eigenvalue weighted by Gasteiger charge is -2.29. The van der Waals surface area contributed by atoms with Crippen LogP contribution in [0.2, 0.25) is 0 Å². The van der Waals surface area contributed by atoms with E-state index in [1.54, 1.807) is 0 Å². The normalized spacial score (nSPS) is 23.1. The van der Waals surface area contributed by atoms with Crippen LogP contribution in [-0.4, -0.2) is 23.3 Å². The van der Waals surface area contributed by atoms with Crippen LogP contribution in [0.1, 0.15) is 49.4 Å². The first kappa shape index (κ1) is 14.4. The second kappa shape index (κ2) is 6.99. The van der Waals surface area contributed by atoms with E-state index in [1.807, 2.05) is 43.0 Å². The van der Waals surface area contributed by atoms with Gasteiger partial charge in [-0.2, -0.15) is 11.8 Å². The maximum atomic E-state index is 11.6. The molecule has 1 aromatic carbocycles. The average Bonchev–Trinajstić information content (AvgIpc) is 2.47. The molecule has 0 radical (unpaired) electrons. The lowest BCUT2D eigenvalue weighted by atomic mass is 9.94. The number of benzene rings is 1. The van der Waals surface area contributed by atoms with Crippen LogP contribution in [-0.2, 0) is 0 Å². The predicted molar refractivity (Wildman–Crippen MR) is 84.2 cm³/mol. The Morgan fingerprint density at radius 2 is 2.05 bits per heavy atom. The topological polar surface area (TPSA) is 29.1 Å². The standard InChI is InChI=1S/C16H23NOS/c1-3-16(18)12-7-9-13(10-8-12)17-14-5-4-6-15(11-14)19-2/h7-10,14-15,17H,3-6,11H2,1-2H3. The molecular weight excluding hydrogens is 254 g/mol. The van der Waals surface area contributed by atoms with Gasteiger partial charge in [-0.25, -0.2) is 0 Å². The van der Waals surface area contributed by atoms with Crippen molar-refractivity contribution in [2.75, 3.05) is 11.6 Å². The van der Waals surface area contributed by atoms with E-state index in [4.69, 9.17) is 0 Å². The summed E-state index contributed by atoms with van der Waals surface area (Å²) in [6.45, 7) is 1.90. The van der Waals surface area contributed by atoms with E-state index in [9.17, 15) is 4.79 Å². The summed E-state index contributed by atoms with van der Waals surface area (Å²) < 4.78 is 0. The van der Waals surface area contributed by atoms with Crippen molar-refractivity contribution in [1.82, 2.24) is 0 Å². The summed E-state index contributed by atoms with van der Waals surface area (Å²) in [6.07, 6.45) is 7.95. The second-order valence-corrected chi connectivity index (χ2v) is 6.36. The summed E-state index contributed by atoms with van der Waals surface area (Å²) in [6, 6.07) is 8.52. The summed E-state index contributed by atoms with van der Waals surface area (Å²) in [5.41, 5.74) is 1.96. The smallest absolute Gasteiger partial charge is 0.162 e. The van der Waals surface area contributed by atoms with Crippen molar-refractivity contribution >= 4 is 23.2 Å². The molecule has 2 nitrogen and oxygen atoms in total. The van der Waals surface area contributed by atoms with E-state index in [1.165, 1.54) is 25.7 Å². The van der Waals surface area contributed by atoms with Crippen LogP contribution in [0.15, 0.2) is 24.3 Å². The molecule has 1 fully saturated rings. The highest BCUT2D eigenvalue weighted by molar-refractivity contribution is 7.99. The SMILES string of the molecule is CCC(=O)c1ccc(NC2CCCC(SC)C2)cc1. The molecule has 0 bridgehead atoms.